The van der Waals surface area contributed by atoms with Crippen LogP contribution in [-0.2, 0) is 6.42 Å². The molecule has 0 fully saturated rings. The van der Waals surface area contributed by atoms with Crippen LogP contribution in [0, 0.1) is 6.92 Å². The fourth-order valence-corrected chi connectivity index (χ4v) is 1.56. The van der Waals surface area contributed by atoms with Gasteiger partial charge < -0.3 is 10.4 Å². The standard InChI is InChI=1S/C13H21NO/c1-10(2)14-9-13(15)8-12-6-4-5-11(3)7-12/h4-7,10,13-15H,8-9H2,1-3H3. The molecule has 1 aromatic rings. The maximum atomic E-state index is 9.78. The number of aryl methyl sites for hydroxylation is 1. The Hall–Kier alpha value is -0.860. The van der Waals surface area contributed by atoms with E-state index in [2.05, 4.69) is 44.3 Å². The maximum absolute atomic E-state index is 9.78. The minimum atomic E-state index is -0.297. The molecule has 2 heteroatoms. The molecule has 0 spiro atoms. The molecule has 84 valence electrons. The summed E-state index contributed by atoms with van der Waals surface area (Å²) >= 11 is 0. The van der Waals surface area contributed by atoms with Gasteiger partial charge in [0.2, 0.25) is 0 Å². The van der Waals surface area contributed by atoms with Gasteiger partial charge in [0, 0.05) is 12.6 Å². The van der Waals surface area contributed by atoms with Crippen LogP contribution in [0.2, 0.25) is 0 Å². The summed E-state index contributed by atoms with van der Waals surface area (Å²) in [7, 11) is 0. The molecule has 2 nitrogen and oxygen atoms in total. The predicted octanol–water partition coefficient (Wildman–Crippen LogP) is 1.90. The highest BCUT2D eigenvalue weighted by Gasteiger charge is 2.05. The monoisotopic (exact) mass is 207 g/mol. The Morgan fingerprint density at radius 2 is 2.07 bits per heavy atom. The van der Waals surface area contributed by atoms with Crippen LogP contribution >= 0.6 is 0 Å². The fourth-order valence-electron chi connectivity index (χ4n) is 1.56. The highest BCUT2D eigenvalue weighted by molar-refractivity contribution is 5.22. The highest BCUT2D eigenvalue weighted by Crippen LogP contribution is 2.06. The molecule has 0 aliphatic heterocycles. The first-order valence-corrected chi connectivity index (χ1v) is 5.55. The lowest BCUT2D eigenvalue weighted by molar-refractivity contribution is 0.169. The lowest BCUT2D eigenvalue weighted by Gasteiger charge is -2.14. The largest absolute Gasteiger partial charge is 0.391 e. The van der Waals surface area contributed by atoms with E-state index in [9.17, 15) is 5.11 Å². The first kappa shape index (κ1) is 12.2. The van der Waals surface area contributed by atoms with Crippen LogP contribution < -0.4 is 5.32 Å². The van der Waals surface area contributed by atoms with Crippen molar-refractivity contribution in [1.29, 1.82) is 0 Å². The summed E-state index contributed by atoms with van der Waals surface area (Å²) in [5.74, 6) is 0. The van der Waals surface area contributed by atoms with Crippen molar-refractivity contribution >= 4 is 0 Å². The van der Waals surface area contributed by atoms with Crippen molar-refractivity contribution in [2.45, 2.75) is 39.3 Å². The van der Waals surface area contributed by atoms with Crippen LogP contribution in [-0.4, -0.2) is 23.8 Å². The predicted molar refractivity (Wildman–Crippen MR) is 64.0 cm³/mol. The smallest absolute Gasteiger partial charge is 0.0704 e. The molecule has 0 aromatic heterocycles. The van der Waals surface area contributed by atoms with Gasteiger partial charge in [0.15, 0.2) is 0 Å². The second-order valence-corrected chi connectivity index (χ2v) is 4.41. The van der Waals surface area contributed by atoms with Gasteiger partial charge in [-0.05, 0) is 18.9 Å². The van der Waals surface area contributed by atoms with Crippen molar-refractivity contribution in [1.82, 2.24) is 5.32 Å². The third kappa shape index (κ3) is 4.96. The van der Waals surface area contributed by atoms with Gasteiger partial charge in [-0.2, -0.15) is 0 Å². The Kier molecular flexibility index (Phi) is 4.79. The van der Waals surface area contributed by atoms with E-state index in [4.69, 9.17) is 0 Å². The zero-order valence-corrected chi connectivity index (χ0v) is 9.83. The molecule has 0 saturated carbocycles. The van der Waals surface area contributed by atoms with Gasteiger partial charge in [-0.25, -0.2) is 0 Å². The molecule has 0 aliphatic rings. The number of hydrogen-bond acceptors (Lipinski definition) is 2. The van der Waals surface area contributed by atoms with Crippen molar-refractivity contribution < 1.29 is 5.11 Å². The number of rotatable bonds is 5. The van der Waals surface area contributed by atoms with Crippen LogP contribution in [0.1, 0.15) is 25.0 Å². The normalized spacial score (nSPS) is 13.1. The zero-order valence-electron chi connectivity index (χ0n) is 9.83. The number of hydrogen-bond donors (Lipinski definition) is 2. The van der Waals surface area contributed by atoms with E-state index in [1.165, 1.54) is 11.1 Å². The molecule has 1 unspecified atom stereocenters. The zero-order chi connectivity index (χ0) is 11.3. The van der Waals surface area contributed by atoms with Crippen molar-refractivity contribution in [2.75, 3.05) is 6.54 Å². The van der Waals surface area contributed by atoms with Gasteiger partial charge in [0.25, 0.3) is 0 Å². The third-order valence-electron chi connectivity index (χ3n) is 2.32. The SMILES string of the molecule is Cc1cccc(CC(O)CNC(C)C)c1. The minimum absolute atomic E-state index is 0.297. The van der Waals surface area contributed by atoms with Gasteiger partial charge in [-0.15, -0.1) is 0 Å². The molecular weight excluding hydrogens is 186 g/mol. The summed E-state index contributed by atoms with van der Waals surface area (Å²) in [6, 6.07) is 8.72. The summed E-state index contributed by atoms with van der Waals surface area (Å²) in [4.78, 5) is 0. The first-order chi connectivity index (χ1) is 7.08. The second-order valence-electron chi connectivity index (χ2n) is 4.41. The number of aliphatic hydroxyl groups excluding tert-OH is 1. The number of nitrogens with one attached hydrogen (secondary N) is 1. The van der Waals surface area contributed by atoms with Gasteiger partial charge in [0.05, 0.1) is 6.10 Å². The fraction of sp³-hybridized carbons (Fsp3) is 0.538. The molecule has 0 aliphatic carbocycles. The summed E-state index contributed by atoms with van der Waals surface area (Å²) < 4.78 is 0. The first-order valence-electron chi connectivity index (χ1n) is 5.55. The van der Waals surface area contributed by atoms with Gasteiger partial charge in [0.1, 0.15) is 0 Å². The van der Waals surface area contributed by atoms with Crippen LogP contribution in [0.5, 0.6) is 0 Å². The van der Waals surface area contributed by atoms with E-state index in [-0.39, 0.29) is 6.10 Å². The van der Waals surface area contributed by atoms with E-state index in [0.717, 1.165) is 6.42 Å². The lowest BCUT2D eigenvalue weighted by Crippen LogP contribution is -2.33. The van der Waals surface area contributed by atoms with Crippen LogP contribution in [0.25, 0.3) is 0 Å². The van der Waals surface area contributed by atoms with Gasteiger partial charge in [-0.3, -0.25) is 0 Å². The molecule has 1 atom stereocenters. The Labute approximate surface area is 92.3 Å². The quantitative estimate of drug-likeness (QED) is 0.773. The van der Waals surface area contributed by atoms with E-state index in [1.807, 2.05) is 6.07 Å². The van der Waals surface area contributed by atoms with E-state index < -0.39 is 0 Å². The Bertz CT molecular complexity index is 296. The van der Waals surface area contributed by atoms with Crippen molar-refractivity contribution in [3.05, 3.63) is 35.4 Å². The Morgan fingerprint density at radius 3 is 2.67 bits per heavy atom. The topological polar surface area (TPSA) is 32.3 Å². The van der Waals surface area contributed by atoms with Crippen LogP contribution in [0.4, 0.5) is 0 Å². The van der Waals surface area contributed by atoms with Crippen molar-refractivity contribution in [2.24, 2.45) is 0 Å². The van der Waals surface area contributed by atoms with Crippen LogP contribution in [0.15, 0.2) is 24.3 Å². The highest BCUT2D eigenvalue weighted by atomic mass is 16.3. The average molecular weight is 207 g/mol. The van der Waals surface area contributed by atoms with E-state index in [1.54, 1.807) is 0 Å². The number of benzene rings is 1. The summed E-state index contributed by atoms with van der Waals surface area (Å²) in [6.07, 6.45) is 0.427. The van der Waals surface area contributed by atoms with Gasteiger partial charge >= 0.3 is 0 Å². The molecule has 1 aromatic carbocycles. The molecule has 0 saturated heterocycles. The molecule has 2 N–H and O–H groups in total. The maximum Gasteiger partial charge on any atom is 0.0704 e. The van der Waals surface area contributed by atoms with E-state index >= 15 is 0 Å². The molecule has 15 heavy (non-hydrogen) atoms. The van der Waals surface area contributed by atoms with Gasteiger partial charge in [-0.1, -0.05) is 43.7 Å². The lowest BCUT2D eigenvalue weighted by atomic mass is 10.1. The molecular formula is C13H21NO. The molecule has 0 amide bonds. The average Bonchev–Trinajstić information content (AvgIpc) is 2.15. The molecule has 0 bridgehead atoms. The summed E-state index contributed by atoms with van der Waals surface area (Å²) in [6.45, 7) is 6.90. The molecule has 1 rings (SSSR count). The minimum Gasteiger partial charge on any atom is -0.391 e. The summed E-state index contributed by atoms with van der Waals surface area (Å²) in [5, 5.41) is 13.0. The van der Waals surface area contributed by atoms with E-state index in [0.29, 0.717) is 12.6 Å². The van der Waals surface area contributed by atoms with Crippen LogP contribution in [0.3, 0.4) is 0 Å². The number of aliphatic hydroxyl groups is 1. The van der Waals surface area contributed by atoms with Crippen molar-refractivity contribution in [3.8, 4) is 0 Å². The Morgan fingerprint density at radius 1 is 1.33 bits per heavy atom. The second kappa shape index (κ2) is 5.89. The Balaban J connectivity index is 2.40. The third-order valence-corrected chi connectivity index (χ3v) is 2.32. The van der Waals surface area contributed by atoms with Crippen molar-refractivity contribution in [3.63, 3.8) is 0 Å². The molecule has 0 heterocycles. The molecule has 0 radical (unpaired) electrons. The summed E-state index contributed by atoms with van der Waals surface area (Å²) in [5.41, 5.74) is 2.45.